The summed E-state index contributed by atoms with van der Waals surface area (Å²) >= 11 is 5.95. The molecule has 0 aliphatic rings. The average molecular weight is 224 g/mol. The Morgan fingerprint density at radius 2 is 2.13 bits per heavy atom. The van der Waals surface area contributed by atoms with E-state index in [1.54, 1.807) is 6.08 Å². The van der Waals surface area contributed by atoms with E-state index in [9.17, 15) is 0 Å². The quantitative estimate of drug-likeness (QED) is 0.741. The smallest absolute Gasteiger partial charge is 0.123 e. The minimum atomic E-state index is 0.155. The zero-order valence-corrected chi connectivity index (χ0v) is 10.1. The molecule has 0 bridgehead atoms. The minimum absolute atomic E-state index is 0.155. The first-order chi connectivity index (χ1) is 7.04. The van der Waals surface area contributed by atoms with Gasteiger partial charge in [0.15, 0.2) is 0 Å². The molecule has 0 saturated heterocycles. The summed E-state index contributed by atoms with van der Waals surface area (Å²) in [4.78, 5) is 0. The molecule has 0 atom stereocenters. The van der Waals surface area contributed by atoms with Gasteiger partial charge in [-0.15, -0.1) is 6.58 Å². The summed E-state index contributed by atoms with van der Waals surface area (Å²) in [5.74, 6) is 1.92. The fourth-order valence-electron chi connectivity index (χ4n) is 1.28. The summed E-state index contributed by atoms with van der Waals surface area (Å²) in [5, 5.41) is 0.710. The summed E-state index contributed by atoms with van der Waals surface area (Å²) in [6.45, 7) is 9.75. The maximum Gasteiger partial charge on any atom is 0.123 e. The number of ether oxygens (including phenoxy) is 1. The summed E-state index contributed by atoms with van der Waals surface area (Å²) in [6.07, 6.45) is 1.96. The third kappa shape index (κ3) is 3.28. The van der Waals surface area contributed by atoms with Crippen molar-refractivity contribution in [3.63, 3.8) is 0 Å². The van der Waals surface area contributed by atoms with Gasteiger partial charge in [0.2, 0.25) is 0 Å². The van der Waals surface area contributed by atoms with E-state index in [1.807, 2.05) is 39.0 Å². The second-order valence-electron chi connectivity index (χ2n) is 3.69. The standard InChI is InChI=1S/C13H16ClO/c1-5-10(4)12-8-11(14)6-7-13(12)15-9(2)3/h5-9H,1H2,2-4H3. The molecule has 1 aromatic rings. The highest BCUT2D eigenvalue weighted by molar-refractivity contribution is 6.30. The summed E-state index contributed by atoms with van der Waals surface area (Å²) in [6, 6.07) is 5.63. The van der Waals surface area contributed by atoms with Gasteiger partial charge in [0, 0.05) is 16.5 Å². The molecule has 1 aromatic carbocycles. The van der Waals surface area contributed by atoms with E-state index in [2.05, 4.69) is 6.58 Å². The molecule has 2 heteroatoms. The third-order valence-electron chi connectivity index (χ3n) is 2.04. The number of hydrogen-bond acceptors (Lipinski definition) is 1. The summed E-state index contributed by atoms with van der Waals surface area (Å²) < 4.78 is 5.70. The van der Waals surface area contributed by atoms with E-state index in [0.29, 0.717) is 5.02 Å². The lowest BCUT2D eigenvalue weighted by Crippen LogP contribution is -2.08. The second-order valence-corrected chi connectivity index (χ2v) is 4.13. The van der Waals surface area contributed by atoms with Crippen LogP contribution in [0.1, 0.15) is 26.3 Å². The number of benzene rings is 1. The normalized spacial score (nSPS) is 10.8. The van der Waals surface area contributed by atoms with Crippen molar-refractivity contribution in [2.24, 2.45) is 0 Å². The van der Waals surface area contributed by atoms with Crippen LogP contribution in [0.4, 0.5) is 0 Å². The molecular formula is C13H16ClO. The van der Waals surface area contributed by atoms with Gasteiger partial charge in [-0.05, 0) is 32.0 Å². The predicted octanol–water partition coefficient (Wildman–Crippen LogP) is 4.26. The maximum absolute atomic E-state index is 5.95. The topological polar surface area (TPSA) is 9.23 Å². The first-order valence-electron chi connectivity index (χ1n) is 4.97. The van der Waals surface area contributed by atoms with E-state index < -0.39 is 0 Å². The van der Waals surface area contributed by atoms with E-state index in [1.165, 1.54) is 0 Å². The molecule has 1 nitrogen and oxygen atoms in total. The van der Waals surface area contributed by atoms with Crippen molar-refractivity contribution in [3.8, 4) is 5.75 Å². The van der Waals surface area contributed by atoms with E-state index >= 15 is 0 Å². The zero-order valence-electron chi connectivity index (χ0n) is 9.38. The molecular weight excluding hydrogens is 208 g/mol. The van der Waals surface area contributed by atoms with Gasteiger partial charge in [-0.2, -0.15) is 0 Å². The van der Waals surface area contributed by atoms with Crippen molar-refractivity contribution in [1.82, 2.24) is 0 Å². The maximum atomic E-state index is 5.95. The zero-order chi connectivity index (χ0) is 11.4. The van der Waals surface area contributed by atoms with Crippen LogP contribution in [-0.2, 0) is 0 Å². The Hall–Kier alpha value is -0.950. The van der Waals surface area contributed by atoms with Gasteiger partial charge in [0.05, 0.1) is 6.10 Å². The molecule has 0 N–H and O–H groups in total. The molecule has 0 aromatic heterocycles. The Kier molecular flexibility index (Phi) is 4.22. The Morgan fingerprint density at radius 3 is 2.67 bits per heavy atom. The van der Waals surface area contributed by atoms with Gasteiger partial charge in [-0.1, -0.05) is 24.6 Å². The van der Waals surface area contributed by atoms with Crippen molar-refractivity contribution >= 4 is 11.6 Å². The average Bonchev–Trinajstić information content (AvgIpc) is 2.19. The van der Waals surface area contributed by atoms with Crippen molar-refractivity contribution in [3.05, 3.63) is 47.4 Å². The molecule has 0 unspecified atom stereocenters. The number of rotatable bonds is 4. The lowest BCUT2D eigenvalue weighted by atomic mass is 10.0. The first-order valence-corrected chi connectivity index (χ1v) is 5.35. The highest BCUT2D eigenvalue weighted by Gasteiger charge is 2.11. The monoisotopic (exact) mass is 223 g/mol. The van der Waals surface area contributed by atoms with E-state index in [4.69, 9.17) is 16.3 Å². The van der Waals surface area contributed by atoms with Crippen molar-refractivity contribution in [2.75, 3.05) is 0 Å². The van der Waals surface area contributed by atoms with Crippen molar-refractivity contribution in [2.45, 2.75) is 26.9 Å². The van der Waals surface area contributed by atoms with Crippen molar-refractivity contribution < 1.29 is 4.74 Å². The Morgan fingerprint density at radius 1 is 1.47 bits per heavy atom. The van der Waals surface area contributed by atoms with Crippen LogP contribution in [0.15, 0.2) is 30.9 Å². The molecule has 0 saturated carbocycles. The van der Waals surface area contributed by atoms with Gasteiger partial charge in [0.25, 0.3) is 0 Å². The second kappa shape index (κ2) is 5.22. The molecule has 0 aliphatic carbocycles. The van der Waals surface area contributed by atoms with Crippen LogP contribution in [0.5, 0.6) is 5.75 Å². The minimum Gasteiger partial charge on any atom is -0.491 e. The highest BCUT2D eigenvalue weighted by atomic mass is 35.5. The fourth-order valence-corrected chi connectivity index (χ4v) is 1.45. The van der Waals surface area contributed by atoms with Crippen LogP contribution in [0.25, 0.3) is 0 Å². The molecule has 0 spiro atoms. The Balaban J connectivity index is 3.08. The van der Waals surface area contributed by atoms with E-state index in [0.717, 1.165) is 17.2 Å². The van der Waals surface area contributed by atoms with Gasteiger partial charge in [-0.25, -0.2) is 0 Å². The van der Waals surface area contributed by atoms with Gasteiger partial charge < -0.3 is 4.74 Å². The molecule has 81 valence electrons. The summed E-state index contributed by atoms with van der Waals surface area (Å²) in [7, 11) is 0. The van der Waals surface area contributed by atoms with Gasteiger partial charge >= 0.3 is 0 Å². The fraction of sp³-hybridized carbons (Fsp3) is 0.308. The largest absolute Gasteiger partial charge is 0.491 e. The Bertz CT molecular complexity index is 344. The lowest BCUT2D eigenvalue weighted by Gasteiger charge is -2.16. The van der Waals surface area contributed by atoms with E-state index in [-0.39, 0.29) is 6.10 Å². The van der Waals surface area contributed by atoms with Gasteiger partial charge in [0.1, 0.15) is 5.75 Å². The van der Waals surface area contributed by atoms with Crippen LogP contribution in [-0.4, -0.2) is 6.10 Å². The summed E-state index contributed by atoms with van der Waals surface area (Å²) in [5.41, 5.74) is 1.01. The molecule has 0 aliphatic heterocycles. The molecule has 0 amide bonds. The molecule has 1 radical (unpaired) electrons. The highest BCUT2D eigenvalue weighted by Crippen LogP contribution is 2.30. The first kappa shape index (κ1) is 12.1. The lowest BCUT2D eigenvalue weighted by molar-refractivity contribution is 0.241. The molecule has 0 fully saturated rings. The third-order valence-corrected chi connectivity index (χ3v) is 2.27. The molecule has 15 heavy (non-hydrogen) atoms. The van der Waals surface area contributed by atoms with Crippen molar-refractivity contribution in [1.29, 1.82) is 0 Å². The SMILES string of the molecule is C=C[C](C)c1cc(Cl)ccc1OC(C)C. The number of halogens is 1. The predicted molar refractivity (Wildman–Crippen MR) is 65.4 cm³/mol. The number of hydrogen-bond donors (Lipinski definition) is 0. The van der Waals surface area contributed by atoms with Crippen LogP contribution in [0, 0.1) is 5.92 Å². The van der Waals surface area contributed by atoms with Crippen LogP contribution in [0.3, 0.4) is 0 Å². The molecule has 1 rings (SSSR count). The van der Waals surface area contributed by atoms with Crippen LogP contribution in [0.2, 0.25) is 5.02 Å². The van der Waals surface area contributed by atoms with Crippen LogP contribution < -0.4 is 4.74 Å². The molecule has 0 heterocycles. The number of allylic oxidation sites excluding steroid dienone is 1. The van der Waals surface area contributed by atoms with Gasteiger partial charge in [-0.3, -0.25) is 0 Å². The van der Waals surface area contributed by atoms with Crippen LogP contribution >= 0.6 is 11.6 Å². The Labute approximate surface area is 96.7 Å².